The molecular formula is C39H46N2O2. The lowest BCUT2D eigenvalue weighted by Crippen LogP contribution is -2.42. The number of carbonyl (C=O) groups excluding carboxylic acids is 1. The zero-order valence-corrected chi connectivity index (χ0v) is 26.0. The van der Waals surface area contributed by atoms with Gasteiger partial charge in [0.05, 0.1) is 13.2 Å². The van der Waals surface area contributed by atoms with Gasteiger partial charge in [0.2, 0.25) is 0 Å². The number of allylic oxidation sites excluding steroid dienone is 8. The lowest BCUT2D eigenvalue weighted by molar-refractivity contribution is -0.116. The molecular weight excluding hydrogens is 528 g/mol. The number of rotatable bonds is 10. The van der Waals surface area contributed by atoms with E-state index in [0.717, 1.165) is 89.7 Å². The van der Waals surface area contributed by atoms with Crippen LogP contribution in [0.25, 0.3) is 11.6 Å². The molecule has 0 radical (unpaired) electrons. The molecule has 1 aromatic rings. The first-order valence-corrected chi connectivity index (χ1v) is 16.4. The maximum atomic E-state index is 12.6. The number of hydrogen-bond acceptors (Lipinski definition) is 4. The minimum Gasteiger partial charge on any atom is -0.379 e. The summed E-state index contributed by atoms with van der Waals surface area (Å²) in [6.45, 7) is 8.18. The average Bonchev–Trinajstić information content (AvgIpc) is 3.85. The van der Waals surface area contributed by atoms with Crippen LogP contribution in [-0.2, 0) is 9.53 Å². The van der Waals surface area contributed by atoms with E-state index in [1.54, 1.807) is 0 Å². The van der Waals surface area contributed by atoms with Gasteiger partial charge in [0, 0.05) is 48.1 Å². The summed E-state index contributed by atoms with van der Waals surface area (Å²) in [7, 11) is 0. The van der Waals surface area contributed by atoms with Crippen LogP contribution in [0.3, 0.4) is 0 Å². The van der Waals surface area contributed by atoms with Crippen LogP contribution < -0.4 is 0 Å². The maximum Gasteiger partial charge on any atom is 0.161 e. The largest absolute Gasteiger partial charge is 0.379 e. The maximum absolute atomic E-state index is 12.6. The highest BCUT2D eigenvalue weighted by Gasteiger charge is 2.38. The van der Waals surface area contributed by atoms with Crippen molar-refractivity contribution in [1.82, 2.24) is 4.90 Å². The van der Waals surface area contributed by atoms with Gasteiger partial charge in [-0.2, -0.15) is 0 Å². The molecule has 2 fully saturated rings. The van der Waals surface area contributed by atoms with Crippen LogP contribution in [0.2, 0.25) is 0 Å². The molecule has 0 spiro atoms. The molecule has 0 atom stereocenters. The summed E-state index contributed by atoms with van der Waals surface area (Å²) in [6.07, 6.45) is 29.1. The number of unbranched alkanes of at least 4 members (excludes halogenated alkanes) is 1. The highest BCUT2D eigenvalue weighted by atomic mass is 16.5. The Hall–Kier alpha value is -3.50. The molecule has 1 saturated heterocycles. The number of Topliss-reactive ketones (excluding diaryl/α,β-unsaturated/α-hetero) is 1. The van der Waals surface area contributed by atoms with Crippen molar-refractivity contribution < 1.29 is 9.53 Å². The molecule has 224 valence electrons. The van der Waals surface area contributed by atoms with Gasteiger partial charge < -0.3 is 9.64 Å². The molecule has 1 saturated carbocycles. The van der Waals surface area contributed by atoms with Gasteiger partial charge in [-0.1, -0.05) is 67.1 Å². The fraction of sp³-hybridized carbons (Fsp3) is 0.436. The number of nitrogens with zero attached hydrogens (tertiary/aromatic N) is 2. The van der Waals surface area contributed by atoms with Crippen molar-refractivity contribution >= 4 is 23.6 Å². The summed E-state index contributed by atoms with van der Waals surface area (Å²) >= 11 is 0. The molecule has 3 aliphatic heterocycles. The highest BCUT2D eigenvalue weighted by molar-refractivity contribution is 5.98. The molecule has 43 heavy (non-hydrogen) atoms. The first kappa shape index (κ1) is 29.6. The predicted molar refractivity (Wildman–Crippen MR) is 179 cm³/mol. The van der Waals surface area contributed by atoms with E-state index in [0.29, 0.717) is 17.1 Å². The van der Waals surface area contributed by atoms with Gasteiger partial charge in [-0.25, -0.2) is 0 Å². The van der Waals surface area contributed by atoms with Crippen molar-refractivity contribution in [2.45, 2.75) is 71.6 Å². The average molecular weight is 575 g/mol. The third-order valence-corrected chi connectivity index (χ3v) is 9.89. The van der Waals surface area contributed by atoms with Gasteiger partial charge >= 0.3 is 0 Å². The van der Waals surface area contributed by atoms with E-state index < -0.39 is 0 Å². The lowest BCUT2D eigenvalue weighted by atomic mass is 9.76. The Kier molecular flexibility index (Phi) is 9.23. The van der Waals surface area contributed by atoms with Gasteiger partial charge in [0.25, 0.3) is 0 Å². The van der Waals surface area contributed by atoms with Crippen LogP contribution in [0, 0.1) is 11.3 Å². The SMILES string of the molecule is CCC1(/C(C)=C\CC/C=C/c2ccc(C3=CCC4=CN=CC=C(N5CC/C=C(\C(=O)C6CC6)CCC5)C4=C3)cc2)COC1. The molecule has 4 heteroatoms. The fourth-order valence-electron chi connectivity index (χ4n) is 6.63. The van der Waals surface area contributed by atoms with Crippen molar-refractivity contribution in [2.24, 2.45) is 16.3 Å². The Bertz CT molecular complexity index is 1450. The number of hydrogen-bond donors (Lipinski definition) is 0. The molecule has 3 heterocycles. The number of fused-ring (bicyclic) bond motifs is 1. The zero-order valence-electron chi connectivity index (χ0n) is 26.0. The summed E-state index contributed by atoms with van der Waals surface area (Å²) in [5.74, 6) is 0.730. The van der Waals surface area contributed by atoms with Crippen molar-refractivity contribution in [3.8, 4) is 0 Å². The van der Waals surface area contributed by atoms with Crippen molar-refractivity contribution in [1.29, 1.82) is 0 Å². The molecule has 0 amide bonds. The van der Waals surface area contributed by atoms with Gasteiger partial charge in [-0.15, -0.1) is 0 Å². The van der Waals surface area contributed by atoms with Gasteiger partial charge in [0.1, 0.15) is 0 Å². The Labute approximate surface area is 258 Å². The summed E-state index contributed by atoms with van der Waals surface area (Å²) in [5, 5.41) is 0. The second-order valence-electron chi connectivity index (χ2n) is 12.8. The molecule has 0 N–H and O–H groups in total. The van der Waals surface area contributed by atoms with E-state index >= 15 is 0 Å². The Morgan fingerprint density at radius 3 is 2.70 bits per heavy atom. The second-order valence-corrected chi connectivity index (χ2v) is 12.8. The van der Waals surface area contributed by atoms with E-state index in [1.165, 1.54) is 39.1 Å². The summed E-state index contributed by atoms with van der Waals surface area (Å²) < 4.78 is 5.49. The van der Waals surface area contributed by atoms with E-state index in [9.17, 15) is 4.79 Å². The molecule has 0 aromatic heterocycles. The third-order valence-electron chi connectivity index (χ3n) is 9.89. The molecule has 6 rings (SSSR count). The topological polar surface area (TPSA) is 41.9 Å². The van der Waals surface area contributed by atoms with Crippen LogP contribution in [0.15, 0.2) is 99.9 Å². The number of aliphatic imine (C=N–C) groups is 1. The molecule has 4 nitrogen and oxygen atoms in total. The van der Waals surface area contributed by atoms with E-state index in [-0.39, 0.29) is 0 Å². The smallest absolute Gasteiger partial charge is 0.161 e. The van der Waals surface area contributed by atoms with Crippen molar-refractivity contribution in [3.63, 3.8) is 0 Å². The predicted octanol–water partition coefficient (Wildman–Crippen LogP) is 8.81. The molecule has 0 unspecified atom stereocenters. The van der Waals surface area contributed by atoms with Crippen LogP contribution in [0.1, 0.15) is 82.8 Å². The Balaban J connectivity index is 1.09. The van der Waals surface area contributed by atoms with Gasteiger partial charge in [-0.3, -0.25) is 9.79 Å². The van der Waals surface area contributed by atoms with Crippen LogP contribution in [-0.4, -0.2) is 43.2 Å². The van der Waals surface area contributed by atoms with Crippen molar-refractivity contribution in [2.75, 3.05) is 26.3 Å². The second kappa shape index (κ2) is 13.4. The molecule has 2 aliphatic carbocycles. The number of carbonyl (C=O) groups is 1. The minimum absolute atomic E-state index is 0.296. The Morgan fingerprint density at radius 2 is 1.95 bits per heavy atom. The summed E-state index contributed by atoms with van der Waals surface area (Å²) in [5.41, 5.74) is 10.4. The first-order chi connectivity index (χ1) is 21.1. The van der Waals surface area contributed by atoms with E-state index in [4.69, 9.17) is 4.74 Å². The third kappa shape index (κ3) is 6.86. The minimum atomic E-state index is 0.296. The number of benzene rings is 1. The number of ketones is 1. The zero-order chi connectivity index (χ0) is 29.6. The molecule has 0 bridgehead atoms. The van der Waals surface area contributed by atoms with E-state index in [2.05, 4.69) is 90.5 Å². The van der Waals surface area contributed by atoms with Crippen molar-refractivity contribution in [3.05, 3.63) is 106 Å². The normalized spacial score (nSPS) is 23.4. The highest BCUT2D eigenvalue weighted by Crippen LogP contribution is 2.39. The number of ether oxygens (including phenoxy) is 1. The monoisotopic (exact) mass is 574 g/mol. The molecule has 5 aliphatic rings. The van der Waals surface area contributed by atoms with Crippen LogP contribution in [0.5, 0.6) is 0 Å². The molecule has 1 aromatic carbocycles. The van der Waals surface area contributed by atoms with Gasteiger partial charge in [0.15, 0.2) is 5.78 Å². The van der Waals surface area contributed by atoms with E-state index in [1.807, 2.05) is 12.4 Å². The lowest BCUT2D eigenvalue weighted by Gasteiger charge is -2.42. The summed E-state index contributed by atoms with van der Waals surface area (Å²) in [4.78, 5) is 19.7. The summed E-state index contributed by atoms with van der Waals surface area (Å²) in [6, 6.07) is 8.96. The quantitative estimate of drug-likeness (QED) is 0.207. The first-order valence-electron chi connectivity index (χ1n) is 16.4. The standard InChI is InChI=1S/C39H46N2O2/c1-3-39(27-43-28-39)29(2)9-5-4-6-10-30-13-15-31(16-14-30)34-19-20-35-26-40-22-21-37(36(35)25-34)41-23-7-11-32(12-8-24-41)38(42)33-17-18-33/h6,9-11,13-16,19,21-22,25-26,33H,3-5,7-8,12,17-18,20,23-24,27-28H2,1-2H3/b10-6+,29-9-,32-11-. The van der Waals surface area contributed by atoms with Crippen LogP contribution in [0.4, 0.5) is 0 Å². The Morgan fingerprint density at radius 1 is 1.12 bits per heavy atom. The van der Waals surface area contributed by atoms with Gasteiger partial charge in [-0.05, 0) is 105 Å². The van der Waals surface area contributed by atoms with Crippen LogP contribution >= 0.6 is 0 Å². The fourth-order valence-corrected chi connectivity index (χ4v) is 6.63.